The van der Waals surface area contributed by atoms with Gasteiger partial charge in [-0.1, -0.05) is 125 Å². The smallest absolute Gasteiger partial charge is 0.338 e. The lowest BCUT2D eigenvalue weighted by molar-refractivity contribution is -0.122. The summed E-state index contributed by atoms with van der Waals surface area (Å²) in [5, 5.41) is 9.18. The van der Waals surface area contributed by atoms with Crippen LogP contribution < -0.4 is 9.80 Å². The Kier molecular flexibility index (Phi) is 24.9. The number of hydrogen-bond donors (Lipinski definition) is 1. The number of anilines is 2. The molecule has 0 saturated heterocycles. The standard InChI is InChI=1S/C37H33F7N2O5S.C30H27F7N2O5S.CH4/c1-21(45(2)52(49,50)35-32(43)30(41)29(40)31(42)33(35)44)36(47)46(19-22-13-15-25(16-14-22)24-11-7-4-8-12-24)34-27(38)17-26(18-28(34)39)37(48)51-20-23-9-5-3-6-10-23;1-15(38(2)45(43,44)28-25(36)23(34)22(33)24(35)26(28)37)29(40)39(27-20(31)12-19(30(41)42)13-21(27)32)14-16-8-10-18(11-9-16)17-6-4-3-5-7-17;/h3,5-6,9-10,13-18,21,24H,4,7-8,11-12,19-20H2,1-2H3;8-13,15,17H,3-7,14H2,1-2H3,(H,41,42);1H4/t21-;15-;/m11./s1. The predicted molar refractivity (Wildman–Crippen MR) is 330 cm³/mol. The van der Waals surface area contributed by atoms with Gasteiger partial charge in [0.05, 0.1) is 24.2 Å². The second kappa shape index (κ2) is 31.8. The molecule has 0 heterocycles. The minimum atomic E-state index is -5.64. The Morgan fingerprint density at radius 2 is 0.755 bits per heavy atom. The van der Waals surface area contributed by atoms with Crippen LogP contribution in [-0.4, -0.2) is 80.5 Å². The molecule has 7 aromatic carbocycles. The van der Waals surface area contributed by atoms with Gasteiger partial charge in [-0.05, 0) is 103 Å². The molecule has 98 heavy (non-hydrogen) atoms. The van der Waals surface area contributed by atoms with Gasteiger partial charge < -0.3 is 19.6 Å². The van der Waals surface area contributed by atoms with E-state index >= 15 is 17.6 Å². The van der Waals surface area contributed by atoms with Gasteiger partial charge in [0.15, 0.2) is 79.6 Å². The van der Waals surface area contributed by atoms with Crippen molar-refractivity contribution in [3.05, 3.63) is 224 Å². The van der Waals surface area contributed by atoms with Gasteiger partial charge in [-0.3, -0.25) is 9.59 Å². The van der Waals surface area contributed by atoms with Crippen molar-refractivity contribution in [2.75, 3.05) is 23.9 Å². The zero-order valence-electron chi connectivity index (χ0n) is 51.8. The number of nitrogens with zero attached hydrogens (tertiary/aromatic N) is 4. The summed E-state index contributed by atoms with van der Waals surface area (Å²) < 4.78 is 261. The quantitative estimate of drug-likeness (QED) is 0.0334. The highest BCUT2D eigenvalue weighted by atomic mass is 32.2. The SMILES string of the molecule is C.C[C@H](C(=O)N(Cc1ccc(C2CCCCC2)cc1)c1c(F)cc(C(=O)O)cc1F)N(C)S(=O)(=O)c1c(F)c(F)c(F)c(F)c1F.C[C@H](C(=O)N(Cc1ccc(C2CCCCC2)cc1)c1c(F)cc(C(=O)OCc2ccccc2)cc1F)N(C)S(=O)(=O)c1c(F)c(F)c(F)c(F)c1F. The Balaban J connectivity index is 0.000000276. The third-order valence-electron chi connectivity index (χ3n) is 17.0. The second-order valence-electron chi connectivity index (χ2n) is 23.1. The Morgan fingerprint density at radius 3 is 1.07 bits per heavy atom. The molecule has 2 fully saturated rings. The summed E-state index contributed by atoms with van der Waals surface area (Å²) in [5.74, 6) is -36.8. The van der Waals surface area contributed by atoms with Crippen LogP contribution in [0.1, 0.15) is 146 Å². The number of ether oxygens (including phenoxy) is 1. The van der Waals surface area contributed by atoms with Gasteiger partial charge in [0, 0.05) is 14.1 Å². The number of hydrogen-bond acceptors (Lipinski definition) is 9. The molecule has 2 aliphatic carbocycles. The fourth-order valence-corrected chi connectivity index (χ4v) is 14.2. The largest absolute Gasteiger partial charge is 0.478 e. The summed E-state index contributed by atoms with van der Waals surface area (Å²) in [7, 11) is -10.0. The molecule has 2 atom stereocenters. The summed E-state index contributed by atoms with van der Waals surface area (Å²) in [6, 6.07) is 20.1. The van der Waals surface area contributed by atoms with Crippen molar-refractivity contribution >= 4 is 55.2 Å². The van der Waals surface area contributed by atoms with Crippen LogP contribution in [0.2, 0.25) is 0 Å². The molecular formula is C68H64F14N4O10S2. The molecular weight excluding hydrogens is 1360 g/mol. The van der Waals surface area contributed by atoms with Crippen molar-refractivity contribution in [2.45, 2.75) is 139 Å². The van der Waals surface area contributed by atoms with Crippen LogP contribution in [0.25, 0.3) is 0 Å². The van der Waals surface area contributed by atoms with Gasteiger partial charge in [0.2, 0.25) is 43.5 Å². The van der Waals surface area contributed by atoms with E-state index in [1.165, 1.54) is 0 Å². The minimum absolute atomic E-state index is 0. The number of carbonyl (C=O) groups excluding carboxylic acids is 3. The molecule has 0 spiro atoms. The lowest BCUT2D eigenvalue weighted by Gasteiger charge is -2.31. The number of carboxylic acid groups (broad SMARTS) is 1. The van der Waals surface area contributed by atoms with Gasteiger partial charge in [-0.25, -0.2) is 87.9 Å². The average molecular weight is 1430 g/mol. The summed E-state index contributed by atoms with van der Waals surface area (Å²) in [4.78, 5) is 48.3. The molecule has 0 aliphatic heterocycles. The topological polar surface area (TPSA) is 179 Å². The molecule has 0 bridgehead atoms. The number of aromatic carboxylic acids is 1. The average Bonchev–Trinajstić information content (AvgIpc) is 0.772. The number of sulfonamides is 2. The first-order valence-corrected chi connectivity index (χ1v) is 32.8. The Morgan fingerprint density at radius 1 is 0.449 bits per heavy atom. The van der Waals surface area contributed by atoms with E-state index in [4.69, 9.17) is 4.74 Å². The lowest BCUT2D eigenvalue weighted by atomic mass is 9.84. The Labute approximate surface area is 555 Å². The molecule has 2 amide bonds. The molecule has 2 saturated carbocycles. The molecule has 0 unspecified atom stereocenters. The minimum Gasteiger partial charge on any atom is -0.478 e. The number of halogens is 14. The highest BCUT2D eigenvalue weighted by Crippen LogP contribution is 2.38. The summed E-state index contributed by atoms with van der Waals surface area (Å²) in [6.07, 6.45) is 10.4. The number of amides is 2. The molecule has 7 aromatic rings. The molecule has 2 aliphatic rings. The highest BCUT2D eigenvalue weighted by Gasteiger charge is 2.43. The molecule has 0 radical (unpaired) electrons. The zero-order chi connectivity index (χ0) is 71.3. The molecule has 14 nitrogen and oxygen atoms in total. The second-order valence-corrected chi connectivity index (χ2v) is 27.0. The van der Waals surface area contributed by atoms with E-state index in [1.54, 1.807) is 78.9 Å². The van der Waals surface area contributed by atoms with E-state index in [2.05, 4.69) is 0 Å². The maximum atomic E-state index is 15.9. The van der Waals surface area contributed by atoms with E-state index < -0.39 is 183 Å². The van der Waals surface area contributed by atoms with Gasteiger partial charge in [0.1, 0.15) is 30.1 Å². The van der Waals surface area contributed by atoms with Crippen molar-refractivity contribution < 1.29 is 107 Å². The molecule has 9 rings (SSSR count). The van der Waals surface area contributed by atoms with Crippen LogP contribution in [0.15, 0.2) is 113 Å². The molecule has 0 aromatic heterocycles. The van der Waals surface area contributed by atoms with Crippen molar-refractivity contribution in [2.24, 2.45) is 0 Å². The first-order valence-electron chi connectivity index (χ1n) is 29.9. The van der Waals surface area contributed by atoms with Gasteiger partial charge in [-0.2, -0.15) is 8.61 Å². The zero-order valence-corrected chi connectivity index (χ0v) is 53.5. The summed E-state index contributed by atoms with van der Waals surface area (Å²) in [5.41, 5.74) is -0.128. The number of rotatable bonds is 20. The van der Waals surface area contributed by atoms with Gasteiger partial charge in [-0.15, -0.1) is 0 Å². The monoisotopic (exact) mass is 1430 g/mol. The number of esters is 1. The fourth-order valence-electron chi connectivity index (χ4n) is 11.3. The van der Waals surface area contributed by atoms with E-state index in [9.17, 15) is 85.0 Å². The molecule has 526 valence electrons. The maximum absolute atomic E-state index is 15.9. The number of likely N-dealkylation sites (N-methyl/N-ethyl adjacent to an activating group) is 2. The maximum Gasteiger partial charge on any atom is 0.338 e. The van der Waals surface area contributed by atoms with Crippen LogP contribution in [0, 0.1) is 81.4 Å². The highest BCUT2D eigenvalue weighted by molar-refractivity contribution is 7.89. The molecule has 30 heteroatoms. The fraction of sp³-hybridized carbons (Fsp3) is 0.324. The number of carbonyl (C=O) groups is 4. The van der Waals surface area contributed by atoms with Crippen LogP contribution in [0.3, 0.4) is 0 Å². The van der Waals surface area contributed by atoms with Gasteiger partial charge >= 0.3 is 11.9 Å². The van der Waals surface area contributed by atoms with Crippen molar-refractivity contribution in [1.82, 2.24) is 8.61 Å². The Hall–Kier alpha value is -8.74. The van der Waals surface area contributed by atoms with Crippen LogP contribution in [-0.2, 0) is 54.1 Å². The first kappa shape index (κ1) is 76.6. The number of carboxylic acids is 1. The Bertz CT molecular complexity index is 4270. The predicted octanol–water partition coefficient (Wildman–Crippen LogP) is 15.6. The van der Waals surface area contributed by atoms with E-state index in [-0.39, 0.29) is 22.6 Å². The summed E-state index contributed by atoms with van der Waals surface area (Å²) >= 11 is 0. The molecule has 1 N–H and O–H groups in total. The van der Waals surface area contributed by atoms with Crippen LogP contribution in [0.4, 0.5) is 72.8 Å². The van der Waals surface area contributed by atoms with E-state index in [0.717, 1.165) is 89.2 Å². The van der Waals surface area contributed by atoms with Crippen LogP contribution in [0.5, 0.6) is 0 Å². The van der Waals surface area contributed by atoms with Crippen molar-refractivity contribution in [1.29, 1.82) is 0 Å². The third kappa shape index (κ3) is 16.2. The van der Waals surface area contributed by atoms with Crippen molar-refractivity contribution in [3.63, 3.8) is 0 Å². The lowest BCUT2D eigenvalue weighted by Crippen LogP contribution is -2.48. The van der Waals surface area contributed by atoms with Crippen molar-refractivity contribution in [3.8, 4) is 0 Å². The summed E-state index contributed by atoms with van der Waals surface area (Å²) in [6.45, 7) is 0.414. The number of benzene rings is 7. The van der Waals surface area contributed by atoms with Gasteiger partial charge in [0.25, 0.3) is 0 Å². The van der Waals surface area contributed by atoms with E-state index in [1.807, 2.05) is 0 Å². The normalized spacial score (nSPS) is 14.4. The van der Waals surface area contributed by atoms with E-state index in [0.29, 0.717) is 76.7 Å². The first-order chi connectivity index (χ1) is 45.7. The third-order valence-corrected chi connectivity index (χ3v) is 20.9. The van der Waals surface area contributed by atoms with Crippen LogP contribution >= 0.6 is 0 Å².